The summed E-state index contributed by atoms with van der Waals surface area (Å²) in [5.41, 5.74) is 2.01. The summed E-state index contributed by atoms with van der Waals surface area (Å²) in [6.07, 6.45) is 0. The molecule has 1 aliphatic heterocycles. The standard InChI is InChI=1S/C16H11BrN2O3S/c17-12-4-1-10(2-5-12)8-23-16-19-18-15(22-16)11-3-6-13-14(7-11)21-9-20-13/h1-7H,8-9H2. The van der Waals surface area contributed by atoms with Crippen molar-refractivity contribution in [3.05, 3.63) is 52.5 Å². The smallest absolute Gasteiger partial charge is 0.277 e. The summed E-state index contributed by atoms with van der Waals surface area (Å²) in [7, 11) is 0. The Bertz CT molecular complexity index is 836. The van der Waals surface area contributed by atoms with Gasteiger partial charge in [-0.05, 0) is 35.9 Å². The number of thioether (sulfide) groups is 1. The first-order chi connectivity index (χ1) is 11.3. The Morgan fingerprint density at radius 2 is 1.83 bits per heavy atom. The van der Waals surface area contributed by atoms with Gasteiger partial charge in [0.2, 0.25) is 12.7 Å². The Kier molecular flexibility index (Phi) is 3.97. The molecule has 116 valence electrons. The van der Waals surface area contributed by atoms with E-state index in [9.17, 15) is 0 Å². The quantitative estimate of drug-likeness (QED) is 0.610. The van der Waals surface area contributed by atoms with Crippen LogP contribution in [0.25, 0.3) is 11.5 Å². The van der Waals surface area contributed by atoms with E-state index in [0.717, 1.165) is 21.5 Å². The second kappa shape index (κ2) is 6.25. The van der Waals surface area contributed by atoms with Crippen LogP contribution in [-0.2, 0) is 5.75 Å². The molecule has 0 saturated heterocycles. The van der Waals surface area contributed by atoms with Gasteiger partial charge in [-0.25, -0.2) is 0 Å². The molecular formula is C16H11BrN2O3S. The molecule has 0 unspecified atom stereocenters. The monoisotopic (exact) mass is 390 g/mol. The van der Waals surface area contributed by atoms with Crippen LogP contribution >= 0.6 is 27.7 Å². The van der Waals surface area contributed by atoms with Gasteiger partial charge in [0.05, 0.1) is 0 Å². The second-order valence-corrected chi connectivity index (χ2v) is 6.70. The second-order valence-electron chi connectivity index (χ2n) is 4.86. The van der Waals surface area contributed by atoms with Crippen LogP contribution in [0.3, 0.4) is 0 Å². The number of nitrogens with zero attached hydrogens (tertiary/aromatic N) is 2. The minimum absolute atomic E-state index is 0.247. The lowest BCUT2D eigenvalue weighted by Gasteiger charge is -1.99. The fourth-order valence-electron chi connectivity index (χ4n) is 2.14. The SMILES string of the molecule is Brc1ccc(CSc2nnc(-c3ccc4c(c3)OCO4)o2)cc1. The van der Waals surface area contributed by atoms with Crippen LogP contribution in [0.2, 0.25) is 0 Å². The maximum Gasteiger partial charge on any atom is 0.277 e. The molecule has 2 aromatic carbocycles. The maximum atomic E-state index is 5.71. The number of rotatable bonds is 4. The van der Waals surface area contributed by atoms with Gasteiger partial charge < -0.3 is 13.9 Å². The molecule has 0 fully saturated rings. The minimum atomic E-state index is 0.247. The molecule has 0 atom stereocenters. The number of ether oxygens (including phenoxy) is 2. The van der Waals surface area contributed by atoms with E-state index in [1.165, 1.54) is 17.3 Å². The van der Waals surface area contributed by atoms with Crippen LogP contribution in [0.5, 0.6) is 11.5 Å². The number of halogens is 1. The zero-order valence-corrected chi connectivity index (χ0v) is 14.3. The van der Waals surface area contributed by atoms with Gasteiger partial charge >= 0.3 is 0 Å². The number of hydrogen-bond acceptors (Lipinski definition) is 6. The molecule has 1 aliphatic rings. The topological polar surface area (TPSA) is 57.4 Å². The Balaban J connectivity index is 1.47. The average molecular weight is 391 g/mol. The lowest BCUT2D eigenvalue weighted by molar-refractivity contribution is 0.174. The molecule has 4 rings (SSSR count). The first kappa shape index (κ1) is 14.6. The molecule has 0 bridgehead atoms. The van der Waals surface area contributed by atoms with Crippen LogP contribution in [-0.4, -0.2) is 17.0 Å². The van der Waals surface area contributed by atoms with E-state index < -0.39 is 0 Å². The highest BCUT2D eigenvalue weighted by Crippen LogP contribution is 2.36. The molecule has 3 aromatic rings. The molecule has 1 aromatic heterocycles. The fraction of sp³-hybridized carbons (Fsp3) is 0.125. The lowest BCUT2D eigenvalue weighted by atomic mass is 10.2. The van der Waals surface area contributed by atoms with Crippen molar-refractivity contribution in [3.63, 3.8) is 0 Å². The zero-order chi connectivity index (χ0) is 15.6. The zero-order valence-electron chi connectivity index (χ0n) is 11.9. The van der Waals surface area contributed by atoms with Gasteiger partial charge in [-0.1, -0.05) is 39.8 Å². The van der Waals surface area contributed by atoms with E-state index in [2.05, 4.69) is 38.3 Å². The van der Waals surface area contributed by atoms with Gasteiger partial charge in [0.25, 0.3) is 5.22 Å². The van der Waals surface area contributed by atoms with Crippen molar-refractivity contribution in [2.45, 2.75) is 11.0 Å². The van der Waals surface area contributed by atoms with Crippen molar-refractivity contribution in [1.82, 2.24) is 10.2 Å². The van der Waals surface area contributed by atoms with Crippen LogP contribution in [0.15, 0.2) is 56.6 Å². The average Bonchev–Trinajstić information content (AvgIpc) is 3.22. The summed E-state index contributed by atoms with van der Waals surface area (Å²) in [6, 6.07) is 13.7. The molecule has 0 N–H and O–H groups in total. The Morgan fingerprint density at radius 3 is 2.70 bits per heavy atom. The van der Waals surface area contributed by atoms with Crippen molar-refractivity contribution in [2.24, 2.45) is 0 Å². The van der Waals surface area contributed by atoms with Crippen LogP contribution in [0.1, 0.15) is 5.56 Å². The highest BCUT2D eigenvalue weighted by Gasteiger charge is 2.16. The largest absolute Gasteiger partial charge is 0.454 e. The number of hydrogen-bond donors (Lipinski definition) is 0. The highest BCUT2D eigenvalue weighted by molar-refractivity contribution is 9.10. The molecule has 7 heteroatoms. The van der Waals surface area contributed by atoms with Gasteiger partial charge in [-0.2, -0.15) is 0 Å². The first-order valence-electron chi connectivity index (χ1n) is 6.89. The Morgan fingerprint density at radius 1 is 1.00 bits per heavy atom. The third kappa shape index (κ3) is 3.20. The molecule has 0 spiro atoms. The molecule has 5 nitrogen and oxygen atoms in total. The van der Waals surface area contributed by atoms with E-state index >= 15 is 0 Å². The maximum absolute atomic E-state index is 5.71. The van der Waals surface area contributed by atoms with Crippen LogP contribution in [0.4, 0.5) is 0 Å². The molecule has 0 amide bonds. The molecule has 0 saturated carbocycles. The molecule has 0 aliphatic carbocycles. The van der Waals surface area contributed by atoms with E-state index in [1.54, 1.807) is 0 Å². The third-order valence-electron chi connectivity index (χ3n) is 3.30. The lowest BCUT2D eigenvalue weighted by Crippen LogP contribution is -1.92. The van der Waals surface area contributed by atoms with Crippen molar-refractivity contribution >= 4 is 27.7 Å². The number of benzene rings is 2. The van der Waals surface area contributed by atoms with Crippen molar-refractivity contribution in [1.29, 1.82) is 0 Å². The van der Waals surface area contributed by atoms with E-state index in [4.69, 9.17) is 13.9 Å². The number of aromatic nitrogens is 2. The summed E-state index contributed by atoms with van der Waals surface area (Å²) in [4.78, 5) is 0. The van der Waals surface area contributed by atoms with Crippen molar-refractivity contribution in [2.75, 3.05) is 6.79 Å². The van der Waals surface area contributed by atoms with E-state index in [1.807, 2.05) is 30.3 Å². The molecular weight excluding hydrogens is 380 g/mol. The number of fused-ring (bicyclic) bond motifs is 1. The Hall–Kier alpha value is -1.99. The van der Waals surface area contributed by atoms with Crippen LogP contribution < -0.4 is 9.47 Å². The summed E-state index contributed by atoms with van der Waals surface area (Å²) >= 11 is 4.93. The predicted octanol–water partition coefficient (Wildman–Crippen LogP) is 4.52. The normalized spacial score (nSPS) is 12.6. The van der Waals surface area contributed by atoms with Crippen LogP contribution in [0, 0.1) is 0 Å². The predicted molar refractivity (Wildman–Crippen MR) is 89.6 cm³/mol. The van der Waals surface area contributed by atoms with E-state index in [0.29, 0.717) is 16.9 Å². The van der Waals surface area contributed by atoms with Gasteiger partial charge in [0.1, 0.15) is 0 Å². The van der Waals surface area contributed by atoms with Gasteiger partial charge in [0.15, 0.2) is 11.5 Å². The summed E-state index contributed by atoms with van der Waals surface area (Å²) < 4.78 is 17.4. The van der Waals surface area contributed by atoms with Crippen molar-refractivity contribution < 1.29 is 13.9 Å². The third-order valence-corrected chi connectivity index (χ3v) is 4.72. The van der Waals surface area contributed by atoms with E-state index in [-0.39, 0.29) is 6.79 Å². The molecule has 2 heterocycles. The Labute approximate surface area is 145 Å². The van der Waals surface area contributed by atoms with Gasteiger partial charge in [-0.3, -0.25) is 0 Å². The first-order valence-corrected chi connectivity index (χ1v) is 8.66. The van der Waals surface area contributed by atoms with Crippen molar-refractivity contribution in [3.8, 4) is 23.0 Å². The summed E-state index contributed by atoms with van der Waals surface area (Å²) in [6.45, 7) is 0.247. The molecule has 0 radical (unpaired) electrons. The minimum Gasteiger partial charge on any atom is -0.454 e. The highest BCUT2D eigenvalue weighted by atomic mass is 79.9. The van der Waals surface area contributed by atoms with Gasteiger partial charge in [0, 0.05) is 15.8 Å². The molecule has 23 heavy (non-hydrogen) atoms. The van der Waals surface area contributed by atoms with Gasteiger partial charge in [-0.15, -0.1) is 10.2 Å². The summed E-state index contributed by atoms with van der Waals surface area (Å²) in [5.74, 6) is 2.68. The fourth-order valence-corrected chi connectivity index (χ4v) is 3.12. The summed E-state index contributed by atoms with van der Waals surface area (Å²) in [5, 5.41) is 8.72.